The Bertz CT molecular complexity index is 981. The fourth-order valence-electron chi connectivity index (χ4n) is 2.22. The fraction of sp³-hybridized carbons (Fsp3) is 0.0625. The molecule has 0 aliphatic heterocycles. The Hall–Kier alpha value is -3.04. The summed E-state index contributed by atoms with van der Waals surface area (Å²) in [7, 11) is 0. The lowest BCUT2D eigenvalue weighted by molar-refractivity contribution is -0.138. The summed E-state index contributed by atoms with van der Waals surface area (Å²) in [5, 5.41) is 17.8. The molecule has 0 unspecified atom stereocenters. The van der Waals surface area contributed by atoms with Crippen molar-refractivity contribution in [3.8, 4) is 11.5 Å². The monoisotopic (exact) mass is 353 g/mol. The molecule has 0 aliphatic carbocycles. The Morgan fingerprint density at radius 1 is 0.960 bits per heavy atom. The highest BCUT2D eigenvalue weighted by molar-refractivity contribution is 5.77. The summed E-state index contributed by atoms with van der Waals surface area (Å²) in [4.78, 5) is 11.2. The van der Waals surface area contributed by atoms with Gasteiger partial charge >= 0.3 is 11.8 Å². The first-order chi connectivity index (χ1) is 11.7. The number of fused-ring (bicyclic) bond motifs is 1. The number of ether oxygens (including phenoxy) is 1. The largest absolute Gasteiger partial charge is 0.457 e. The van der Waals surface area contributed by atoms with E-state index in [1.54, 1.807) is 12.1 Å². The van der Waals surface area contributed by atoms with Crippen LogP contribution in [0.1, 0.15) is 5.56 Å². The van der Waals surface area contributed by atoms with Crippen LogP contribution in [0.3, 0.4) is 0 Å². The van der Waals surface area contributed by atoms with Crippen molar-refractivity contribution in [2.45, 2.75) is 6.18 Å². The van der Waals surface area contributed by atoms with Gasteiger partial charge in [0.2, 0.25) is 0 Å². The summed E-state index contributed by atoms with van der Waals surface area (Å²) >= 11 is 0. The first-order valence-electron chi connectivity index (χ1n) is 6.85. The second-order valence-electron chi connectivity index (χ2n) is 5.02. The van der Waals surface area contributed by atoms with Crippen molar-refractivity contribution in [3.63, 3.8) is 0 Å². The lowest BCUT2D eigenvalue weighted by Crippen LogP contribution is -2.17. The van der Waals surface area contributed by atoms with Crippen molar-refractivity contribution >= 4 is 16.7 Å². The summed E-state index contributed by atoms with van der Waals surface area (Å²) in [6, 6.07) is 9.83. The Balaban J connectivity index is 1.99. The number of nitrogens with zero attached hydrogens (tertiary/aromatic N) is 1. The van der Waals surface area contributed by atoms with Gasteiger partial charge in [0.05, 0.1) is 5.56 Å². The number of alkyl halides is 3. The third-order valence-corrected chi connectivity index (χ3v) is 3.32. The van der Waals surface area contributed by atoms with Crippen molar-refractivity contribution in [1.82, 2.24) is 0 Å². The first kappa shape index (κ1) is 16.8. The SMILES string of the molecule is O=c1ccc2ccc(Oc3ccc(N(O)O)c(C(F)(F)F)c3)cc2o1. The molecular formula is C16H10F3NO5. The van der Waals surface area contributed by atoms with Crippen LogP contribution in [0.2, 0.25) is 0 Å². The normalized spacial score (nSPS) is 11.6. The van der Waals surface area contributed by atoms with E-state index in [2.05, 4.69) is 0 Å². The molecule has 0 spiro atoms. The van der Waals surface area contributed by atoms with Gasteiger partial charge in [0.1, 0.15) is 22.8 Å². The standard InChI is InChI=1S/C16H10F3NO5/c17-16(18,19)12-7-10(4-5-13(12)20(22)23)24-11-3-1-9-2-6-15(21)25-14(9)8-11/h1-8,22-23H. The van der Waals surface area contributed by atoms with Gasteiger partial charge in [-0.1, -0.05) is 0 Å². The molecule has 3 rings (SSSR count). The molecule has 0 radical (unpaired) electrons. The predicted octanol–water partition coefficient (Wildman–Crippen LogP) is 4.19. The van der Waals surface area contributed by atoms with Crippen LogP contribution in [-0.2, 0) is 6.18 Å². The Kier molecular flexibility index (Phi) is 4.11. The molecule has 0 amide bonds. The maximum atomic E-state index is 13.0. The Labute approximate surface area is 137 Å². The van der Waals surface area contributed by atoms with Gasteiger partial charge in [-0.25, -0.2) is 4.79 Å². The van der Waals surface area contributed by atoms with Crippen LogP contribution in [0.4, 0.5) is 18.9 Å². The molecule has 0 atom stereocenters. The van der Waals surface area contributed by atoms with Crippen molar-refractivity contribution < 1.29 is 32.7 Å². The molecule has 0 saturated heterocycles. The molecule has 0 bridgehead atoms. The van der Waals surface area contributed by atoms with E-state index in [0.29, 0.717) is 11.5 Å². The minimum atomic E-state index is -4.82. The number of hydrogen-bond donors (Lipinski definition) is 2. The highest BCUT2D eigenvalue weighted by Crippen LogP contribution is 2.39. The van der Waals surface area contributed by atoms with Gasteiger partial charge in [-0.05, 0) is 36.4 Å². The molecule has 25 heavy (non-hydrogen) atoms. The second kappa shape index (κ2) is 6.11. The molecule has 130 valence electrons. The zero-order valence-electron chi connectivity index (χ0n) is 12.3. The van der Waals surface area contributed by atoms with Crippen molar-refractivity contribution in [1.29, 1.82) is 0 Å². The topological polar surface area (TPSA) is 83.1 Å². The van der Waals surface area contributed by atoms with Crippen molar-refractivity contribution in [2.24, 2.45) is 0 Å². The molecule has 6 nitrogen and oxygen atoms in total. The van der Waals surface area contributed by atoms with Gasteiger partial charge in [0, 0.05) is 17.5 Å². The van der Waals surface area contributed by atoms with Crippen molar-refractivity contribution in [2.75, 3.05) is 5.23 Å². The Morgan fingerprint density at radius 2 is 1.60 bits per heavy atom. The van der Waals surface area contributed by atoms with E-state index in [-0.39, 0.29) is 17.1 Å². The average molecular weight is 353 g/mol. The molecule has 0 aliphatic rings. The smallest absolute Gasteiger partial charge is 0.418 e. The molecule has 0 saturated carbocycles. The zero-order chi connectivity index (χ0) is 18.2. The van der Waals surface area contributed by atoms with Crippen LogP contribution in [-0.4, -0.2) is 10.4 Å². The van der Waals surface area contributed by atoms with Gasteiger partial charge in [-0.2, -0.15) is 13.2 Å². The van der Waals surface area contributed by atoms with E-state index in [4.69, 9.17) is 19.6 Å². The molecule has 3 aromatic rings. The lowest BCUT2D eigenvalue weighted by atomic mass is 10.1. The summed E-state index contributed by atoms with van der Waals surface area (Å²) in [6.07, 6.45) is -4.82. The summed E-state index contributed by atoms with van der Waals surface area (Å²) in [6.45, 7) is 0. The second-order valence-corrected chi connectivity index (χ2v) is 5.02. The van der Waals surface area contributed by atoms with E-state index in [9.17, 15) is 18.0 Å². The highest BCUT2D eigenvalue weighted by Gasteiger charge is 2.35. The van der Waals surface area contributed by atoms with E-state index >= 15 is 0 Å². The van der Waals surface area contributed by atoms with Gasteiger partial charge in [0.15, 0.2) is 0 Å². The van der Waals surface area contributed by atoms with E-state index in [1.807, 2.05) is 0 Å². The van der Waals surface area contributed by atoms with Crippen LogP contribution in [0.25, 0.3) is 11.0 Å². The Morgan fingerprint density at radius 3 is 2.28 bits per heavy atom. The summed E-state index contributed by atoms with van der Waals surface area (Å²) < 4.78 is 49.4. The third kappa shape index (κ3) is 3.57. The summed E-state index contributed by atoms with van der Waals surface area (Å²) in [5.41, 5.74) is -2.49. The van der Waals surface area contributed by atoms with Gasteiger partial charge in [0.25, 0.3) is 0 Å². The minimum absolute atomic E-state index is 0.146. The first-order valence-corrected chi connectivity index (χ1v) is 6.85. The highest BCUT2D eigenvalue weighted by atomic mass is 19.4. The molecule has 2 aromatic carbocycles. The molecule has 0 fully saturated rings. The minimum Gasteiger partial charge on any atom is -0.457 e. The molecule has 1 aromatic heterocycles. The fourth-order valence-corrected chi connectivity index (χ4v) is 2.22. The zero-order valence-corrected chi connectivity index (χ0v) is 12.3. The van der Waals surface area contributed by atoms with Crippen LogP contribution in [0, 0.1) is 0 Å². The average Bonchev–Trinajstić information content (AvgIpc) is 2.53. The number of anilines is 1. The third-order valence-electron chi connectivity index (χ3n) is 3.32. The van der Waals surface area contributed by atoms with Gasteiger partial charge < -0.3 is 9.15 Å². The maximum absolute atomic E-state index is 13.0. The molecule has 1 heterocycles. The van der Waals surface area contributed by atoms with E-state index < -0.39 is 28.3 Å². The lowest BCUT2D eigenvalue weighted by Gasteiger charge is -2.17. The van der Waals surface area contributed by atoms with Crippen LogP contribution >= 0.6 is 0 Å². The van der Waals surface area contributed by atoms with E-state index in [1.165, 1.54) is 18.2 Å². The van der Waals surface area contributed by atoms with Gasteiger partial charge in [-0.15, -0.1) is 5.23 Å². The number of benzene rings is 2. The quantitative estimate of drug-likeness (QED) is 0.543. The number of hydrogen-bond acceptors (Lipinski definition) is 6. The van der Waals surface area contributed by atoms with Gasteiger partial charge in [-0.3, -0.25) is 10.4 Å². The molecule has 2 N–H and O–H groups in total. The number of rotatable bonds is 3. The van der Waals surface area contributed by atoms with Crippen LogP contribution in [0.5, 0.6) is 11.5 Å². The summed E-state index contributed by atoms with van der Waals surface area (Å²) in [5.74, 6) is -0.0388. The van der Waals surface area contributed by atoms with Crippen molar-refractivity contribution in [3.05, 3.63) is 64.5 Å². The van der Waals surface area contributed by atoms with Crippen LogP contribution < -0.4 is 15.6 Å². The molecule has 9 heteroatoms. The number of halogens is 3. The predicted molar refractivity (Wildman–Crippen MR) is 80.1 cm³/mol. The van der Waals surface area contributed by atoms with Crippen LogP contribution in [0.15, 0.2) is 57.7 Å². The molecular weight excluding hydrogens is 343 g/mol. The van der Waals surface area contributed by atoms with E-state index in [0.717, 1.165) is 12.1 Å². The maximum Gasteiger partial charge on any atom is 0.418 e.